The van der Waals surface area contributed by atoms with E-state index in [4.69, 9.17) is 37.9 Å². The van der Waals surface area contributed by atoms with Crippen LogP contribution in [0.15, 0.2) is 48.5 Å². The Labute approximate surface area is 337 Å². The first-order chi connectivity index (χ1) is 27.0. The molecule has 56 heavy (non-hydrogen) atoms. The number of pyridine rings is 1. The van der Waals surface area contributed by atoms with Crippen molar-refractivity contribution in [3.05, 3.63) is 81.4 Å². The number of hydrogen-bond acceptors (Lipinski definition) is 8. The fourth-order valence-corrected chi connectivity index (χ4v) is 9.13. The summed E-state index contributed by atoms with van der Waals surface area (Å²) in [5.74, 6) is 0.160. The maximum absolute atomic E-state index is 13.7. The van der Waals surface area contributed by atoms with Gasteiger partial charge in [-0.25, -0.2) is 9.97 Å². The number of hydrogen-bond donors (Lipinski definition) is 3. The number of carboxylic acid groups (broad SMARTS) is 1. The summed E-state index contributed by atoms with van der Waals surface area (Å²) in [5, 5.41) is 16.1. The van der Waals surface area contributed by atoms with Gasteiger partial charge in [-0.1, -0.05) is 59.6 Å². The van der Waals surface area contributed by atoms with Gasteiger partial charge >= 0.3 is 5.97 Å². The number of rotatable bonds is 12. The van der Waals surface area contributed by atoms with Crippen molar-refractivity contribution in [3.8, 4) is 28.3 Å². The summed E-state index contributed by atoms with van der Waals surface area (Å²) in [7, 11) is 3.48. The molecule has 1 aliphatic carbocycles. The Morgan fingerprint density at radius 1 is 0.911 bits per heavy atom. The summed E-state index contributed by atoms with van der Waals surface area (Å²) in [6.45, 7) is 6.32. The van der Waals surface area contributed by atoms with E-state index in [9.17, 15) is 19.5 Å². The van der Waals surface area contributed by atoms with Crippen LogP contribution in [0.1, 0.15) is 73.0 Å². The van der Waals surface area contributed by atoms with Gasteiger partial charge in [0.1, 0.15) is 0 Å². The van der Waals surface area contributed by atoms with Crippen LogP contribution in [-0.4, -0.2) is 86.6 Å². The van der Waals surface area contributed by atoms with Crippen LogP contribution < -0.4 is 15.4 Å². The molecule has 0 spiro atoms. The quantitative estimate of drug-likeness (QED) is 0.137. The van der Waals surface area contributed by atoms with E-state index in [0.717, 1.165) is 88.1 Å². The number of carbonyl (C=O) groups excluding carboxylic acids is 2. The highest BCUT2D eigenvalue weighted by molar-refractivity contribution is 6.39. The van der Waals surface area contributed by atoms with E-state index < -0.39 is 5.97 Å². The Hall–Kier alpha value is -4.49. The molecule has 3 N–H and O–H groups in total. The number of methoxy groups -OCH3 is 1. The van der Waals surface area contributed by atoms with Gasteiger partial charge in [-0.05, 0) is 63.1 Å². The Bertz CT molecular complexity index is 2110. The SMILES string of the molecule is COc1nc(-c2cccc(-c3cccc(NC(=O)c4nc5c(n4C)CCN(CCC4CCC(C(=O)O)CC4)C5)c3Cl)c2Cl)ccc1CN1CC[C@@H](NC(C)=O)C1. The number of nitrogens with one attached hydrogen (secondary N) is 2. The number of halogens is 2. The van der Waals surface area contributed by atoms with Crippen molar-refractivity contribution in [2.75, 3.05) is 38.6 Å². The standard InChI is InChI=1S/C42H49Cl2N7O5/c1-25(52)45-29-17-20-51(23-29)22-28-14-15-33(48-41(28)56-3)32-8-4-6-30(37(32)43)31-7-5-9-34(38(31)44)47-40(53)39-46-35-24-50(21-18-36(35)49(39)2)19-16-26-10-12-27(13-11-26)42(54)55/h4-9,14-15,26-27,29H,10-13,16-24H2,1-3H3,(H,45,52)(H,47,53)(H,54,55)/t26?,27?,29-/m1/s1. The van der Waals surface area contributed by atoms with E-state index in [1.54, 1.807) is 20.1 Å². The molecule has 2 aromatic heterocycles. The third kappa shape index (κ3) is 8.73. The molecule has 1 atom stereocenters. The third-order valence-electron chi connectivity index (χ3n) is 11.6. The molecular weight excluding hydrogens is 753 g/mol. The summed E-state index contributed by atoms with van der Waals surface area (Å²) < 4.78 is 7.60. The number of aromatic nitrogens is 3. The van der Waals surface area contributed by atoms with Gasteiger partial charge in [0.15, 0.2) is 5.82 Å². The van der Waals surface area contributed by atoms with Gasteiger partial charge in [0.2, 0.25) is 11.8 Å². The second-order valence-electron chi connectivity index (χ2n) is 15.3. The average molecular weight is 803 g/mol. The molecule has 1 saturated carbocycles. The smallest absolute Gasteiger partial charge is 0.306 e. The van der Waals surface area contributed by atoms with E-state index in [2.05, 4.69) is 20.4 Å². The summed E-state index contributed by atoms with van der Waals surface area (Å²) in [6, 6.07) is 15.2. The average Bonchev–Trinajstić information content (AvgIpc) is 3.77. The van der Waals surface area contributed by atoms with Crippen molar-refractivity contribution in [2.24, 2.45) is 18.9 Å². The maximum Gasteiger partial charge on any atom is 0.306 e. The number of ether oxygens (including phenoxy) is 1. The second kappa shape index (κ2) is 17.3. The molecule has 0 bridgehead atoms. The first-order valence-corrected chi connectivity index (χ1v) is 20.2. The zero-order valence-electron chi connectivity index (χ0n) is 32.1. The minimum Gasteiger partial charge on any atom is -0.481 e. The minimum atomic E-state index is -0.668. The molecule has 4 heterocycles. The highest BCUT2D eigenvalue weighted by atomic mass is 35.5. The summed E-state index contributed by atoms with van der Waals surface area (Å²) >= 11 is 14.1. The second-order valence-corrected chi connectivity index (χ2v) is 16.1. The van der Waals surface area contributed by atoms with Crippen LogP contribution in [0.3, 0.4) is 0 Å². The van der Waals surface area contributed by atoms with Gasteiger partial charge in [0.25, 0.3) is 5.91 Å². The number of carbonyl (C=O) groups is 3. The number of imidazole rings is 1. The molecule has 0 radical (unpaired) electrons. The predicted octanol–water partition coefficient (Wildman–Crippen LogP) is 7.07. The van der Waals surface area contributed by atoms with E-state index in [0.29, 0.717) is 68.8 Å². The lowest BCUT2D eigenvalue weighted by molar-refractivity contribution is -0.143. The van der Waals surface area contributed by atoms with E-state index in [1.165, 1.54) is 0 Å². The molecule has 12 nitrogen and oxygen atoms in total. The van der Waals surface area contributed by atoms with Gasteiger partial charge in [0, 0.05) is 87.1 Å². The molecule has 2 aromatic carbocycles. The molecular formula is C42H49Cl2N7O5. The van der Waals surface area contributed by atoms with Crippen LogP contribution in [0, 0.1) is 11.8 Å². The van der Waals surface area contributed by atoms with Crippen molar-refractivity contribution in [1.29, 1.82) is 0 Å². The van der Waals surface area contributed by atoms with Gasteiger partial charge < -0.3 is 25.0 Å². The predicted molar refractivity (Wildman–Crippen MR) is 217 cm³/mol. The molecule has 7 rings (SSSR count). The molecule has 14 heteroatoms. The van der Waals surface area contributed by atoms with Crippen molar-refractivity contribution in [2.45, 2.75) is 71.0 Å². The highest BCUT2D eigenvalue weighted by Crippen LogP contribution is 2.42. The summed E-state index contributed by atoms with van der Waals surface area (Å²) in [4.78, 5) is 50.9. The number of nitrogens with zero attached hydrogens (tertiary/aromatic N) is 5. The number of anilines is 1. The lowest BCUT2D eigenvalue weighted by Gasteiger charge is -2.30. The summed E-state index contributed by atoms with van der Waals surface area (Å²) in [5.41, 5.74) is 6.07. The Kier molecular flexibility index (Phi) is 12.3. The van der Waals surface area contributed by atoms with E-state index in [1.807, 2.05) is 54.1 Å². The van der Waals surface area contributed by atoms with Crippen LogP contribution in [0.5, 0.6) is 5.88 Å². The van der Waals surface area contributed by atoms with Crippen LogP contribution in [0.25, 0.3) is 22.4 Å². The van der Waals surface area contributed by atoms with E-state index >= 15 is 0 Å². The largest absolute Gasteiger partial charge is 0.481 e. The molecule has 4 aromatic rings. The van der Waals surface area contributed by atoms with Gasteiger partial charge in [0.05, 0.1) is 40.1 Å². The van der Waals surface area contributed by atoms with Crippen LogP contribution in [0.2, 0.25) is 10.0 Å². The molecule has 296 valence electrons. The molecule has 0 unspecified atom stereocenters. The van der Waals surface area contributed by atoms with Gasteiger partial charge in [-0.2, -0.15) is 0 Å². The fraction of sp³-hybridized carbons (Fsp3) is 0.452. The number of benzene rings is 2. The third-order valence-corrected chi connectivity index (χ3v) is 12.4. The molecule has 1 saturated heterocycles. The first-order valence-electron chi connectivity index (χ1n) is 19.4. The van der Waals surface area contributed by atoms with Gasteiger partial charge in [-0.15, -0.1) is 0 Å². The number of carboxylic acids is 1. The fourth-order valence-electron chi connectivity index (χ4n) is 8.53. The molecule has 2 amide bonds. The van der Waals surface area contributed by atoms with Crippen molar-refractivity contribution >= 4 is 46.7 Å². The van der Waals surface area contributed by atoms with Crippen molar-refractivity contribution < 1.29 is 24.2 Å². The number of likely N-dealkylation sites (tertiary alicyclic amines) is 1. The lowest BCUT2D eigenvalue weighted by atomic mass is 9.80. The van der Waals surface area contributed by atoms with Crippen LogP contribution in [0.4, 0.5) is 5.69 Å². The Morgan fingerprint density at radius 3 is 2.38 bits per heavy atom. The van der Waals surface area contributed by atoms with Gasteiger partial charge in [-0.3, -0.25) is 24.2 Å². The first kappa shape index (κ1) is 39.7. The minimum absolute atomic E-state index is 0.0181. The zero-order valence-corrected chi connectivity index (χ0v) is 33.6. The lowest BCUT2D eigenvalue weighted by Crippen LogP contribution is -2.35. The monoisotopic (exact) mass is 801 g/mol. The summed E-state index contributed by atoms with van der Waals surface area (Å²) in [6.07, 6.45) is 6.21. The maximum atomic E-state index is 13.7. The topological polar surface area (TPSA) is 142 Å². The normalized spacial score (nSPS) is 20.1. The van der Waals surface area contributed by atoms with Crippen molar-refractivity contribution in [3.63, 3.8) is 0 Å². The molecule has 2 aliphatic heterocycles. The Morgan fingerprint density at radius 2 is 1.64 bits per heavy atom. The van der Waals surface area contributed by atoms with Crippen molar-refractivity contribution in [1.82, 2.24) is 29.7 Å². The molecule has 2 fully saturated rings. The number of amides is 2. The van der Waals surface area contributed by atoms with Crippen LogP contribution >= 0.6 is 23.2 Å². The number of fused-ring (bicyclic) bond motifs is 1. The van der Waals surface area contributed by atoms with Crippen LogP contribution in [-0.2, 0) is 36.1 Å². The molecule has 3 aliphatic rings. The zero-order chi connectivity index (χ0) is 39.5. The Balaban J connectivity index is 1.02. The highest BCUT2D eigenvalue weighted by Gasteiger charge is 2.29. The number of aliphatic carboxylic acids is 1. The van der Waals surface area contributed by atoms with E-state index in [-0.39, 0.29) is 23.8 Å².